The van der Waals surface area contributed by atoms with Gasteiger partial charge in [0.2, 0.25) is 5.78 Å². The van der Waals surface area contributed by atoms with Gasteiger partial charge in [-0.05, 0) is 78.6 Å². The molecular weight excluding hydrogens is 545 g/mol. The van der Waals surface area contributed by atoms with Crippen LogP contribution in [0, 0.1) is 23.6 Å². The summed E-state index contributed by atoms with van der Waals surface area (Å²) in [5.74, 6) is -7.69. The number of primary amides is 1. The number of carbonyl (C=O) groups is 3. The summed E-state index contributed by atoms with van der Waals surface area (Å²) in [4.78, 5) is 42.8. The molecule has 0 bridgehead atoms. The van der Waals surface area contributed by atoms with Crippen LogP contribution in [0.1, 0.15) is 62.6 Å². The van der Waals surface area contributed by atoms with E-state index in [1.165, 1.54) is 37.9 Å². The second kappa shape index (κ2) is 10.2. The van der Waals surface area contributed by atoms with Crippen molar-refractivity contribution in [2.24, 2.45) is 23.5 Å². The summed E-state index contributed by atoms with van der Waals surface area (Å²) in [6, 6.07) is 0.0701. The fourth-order valence-corrected chi connectivity index (χ4v) is 7.75. The number of aliphatic hydroxyl groups is 3. The van der Waals surface area contributed by atoms with E-state index in [0.29, 0.717) is 5.92 Å². The van der Waals surface area contributed by atoms with Gasteiger partial charge in [0.15, 0.2) is 11.4 Å². The second-order valence-electron chi connectivity index (χ2n) is 13.2. The summed E-state index contributed by atoms with van der Waals surface area (Å²) in [5, 5.41) is 45.1. The van der Waals surface area contributed by atoms with E-state index in [4.69, 9.17) is 5.73 Å². The molecule has 11 heteroatoms. The highest BCUT2D eigenvalue weighted by Gasteiger charge is 2.64. The minimum Gasteiger partial charge on any atom is -0.508 e. The van der Waals surface area contributed by atoms with Gasteiger partial charge in [-0.3, -0.25) is 24.2 Å². The van der Waals surface area contributed by atoms with Gasteiger partial charge >= 0.3 is 0 Å². The molecule has 42 heavy (non-hydrogen) atoms. The Morgan fingerprint density at radius 2 is 1.76 bits per heavy atom. The maximum atomic E-state index is 16.4. The standard InChI is InChI=1S/C31H40FN3O7/c1-30(2,35(5)13-14-8-6-7-9-14)17-12-19(36)21-16(23(17)32)10-15-11-18-24(34(3)4)26(38)22(29(33)41)28(40)31(18,42)27(39)20(15)25(21)37/h12,14-15,18,24,36-37,40,42H,6-11,13H2,1-5H3,(H2,33,41)/t15-,18-,24-,31-/m0/s1. The smallest absolute Gasteiger partial charge is 0.255 e. The van der Waals surface area contributed by atoms with Gasteiger partial charge in [-0.1, -0.05) is 12.8 Å². The Balaban J connectivity index is 1.63. The summed E-state index contributed by atoms with van der Waals surface area (Å²) in [6.07, 6.45) is 4.39. The summed E-state index contributed by atoms with van der Waals surface area (Å²) < 4.78 is 16.4. The molecule has 4 aliphatic carbocycles. The lowest BCUT2D eigenvalue weighted by Crippen LogP contribution is -2.65. The van der Waals surface area contributed by atoms with Crippen LogP contribution in [0.2, 0.25) is 0 Å². The van der Waals surface area contributed by atoms with Crippen LogP contribution in [-0.2, 0) is 26.3 Å². The van der Waals surface area contributed by atoms with Crippen LogP contribution in [0.25, 0.3) is 5.76 Å². The number of hydrogen-bond donors (Lipinski definition) is 5. The summed E-state index contributed by atoms with van der Waals surface area (Å²) in [7, 11) is 4.98. The third-order valence-corrected chi connectivity index (χ3v) is 10.3. The Labute approximate surface area is 244 Å². The monoisotopic (exact) mass is 585 g/mol. The maximum Gasteiger partial charge on any atom is 0.255 e. The highest BCUT2D eigenvalue weighted by atomic mass is 19.1. The molecular formula is C31H40FN3O7. The molecule has 4 aliphatic rings. The van der Waals surface area contributed by atoms with Crippen molar-refractivity contribution in [2.45, 2.75) is 69.6 Å². The second-order valence-corrected chi connectivity index (χ2v) is 13.2. The number of nitrogens with zero attached hydrogens (tertiary/aromatic N) is 2. The molecule has 0 aliphatic heterocycles. The Bertz CT molecular complexity index is 1440. The van der Waals surface area contributed by atoms with Gasteiger partial charge in [0.1, 0.15) is 28.7 Å². The third kappa shape index (κ3) is 4.19. The van der Waals surface area contributed by atoms with Crippen molar-refractivity contribution in [1.82, 2.24) is 9.80 Å². The zero-order valence-corrected chi connectivity index (χ0v) is 24.7. The highest BCUT2D eigenvalue weighted by molar-refractivity contribution is 6.24. The third-order valence-electron chi connectivity index (χ3n) is 10.3. The molecule has 1 aromatic carbocycles. The predicted octanol–water partition coefficient (Wildman–Crippen LogP) is 2.46. The number of fused-ring (bicyclic) bond motifs is 3. The van der Waals surface area contributed by atoms with Crippen molar-refractivity contribution >= 4 is 23.2 Å². The number of phenols is 1. The highest BCUT2D eigenvalue weighted by Crippen LogP contribution is 2.53. The van der Waals surface area contributed by atoms with Crippen LogP contribution in [0.15, 0.2) is 23.0 Å². The number of halogens is 1. The average molecular weight is 586 g/mol. The number of aromatic hydroxyl groups is 1. The molecule has 1 aromatic rings. The molecule has 0 unspecified atom stereocenters. The van der Waals surface area contributed by atoms with Gasteiger partial charge in [-0.2, -0.15) is 0 Å². The van der Waals surface area contributed by atoms with Crippen molar-refractivity contribution < 1.29 is 39.2 Å². The van der Waals surface area contributed by atoms with Gasteiger partial charge in [0.25, 0.3) is 5.91 Å². The van der Waals surface area contributed by atoms with E-state index in [1.807, 2.05) is 20.9 Å². The van der Waals surface area contributed by atoms with E-state index in [2.05, 4.69) is 4.90 Å². The Morgan fingerprint density at radius 1 is 1.14 bits per heavy atom. The van der Waals surface area contributed by atoms with Crippen molar-refractivity contribution in [1.29, 1.82) is 0 Å². The molecule has 228 valence electrons. The lowest BCUT2D eigenvalue weighted by atomic mass is 9.57. The zero-order valence-electron chi connectivity index (χ0n) is 24.7. The lowest BCUT2D eigenvalue weighted by Gasteiger charge is -2.50. The van der Waals surface area contributed by atoms with E-state index in [9.17, 15) is 34.8 Å². The van der Waals surface area contributed by atoms with Gasteiger partial charge in [-0.15, -0.1) is 0 Å². The molecule has 6 N–H and O–H groups in total. The number of amides is 1. The lowest BCUT2D eigenvalue weighted by molar-refractivity contribution is -0.153. The van der Waals surface area contributed by atoms with E-state index >= 15 is 4.39 Å². The summed E-state index contributed by atoms with van der Waals surface area (Å²) >= 11 is 0. The molecule has 0 heterocycles. The number of ketones is 2. The maximum absolute atomic E-state index is 16.4. The first-order valence-corrected chi connectivity index (χ1v) is 14.5. The quantitative estimate of drug-likeness (QED) is 0.316. The van der Waals surface area contributed by atoms with Crippen LogP contribution in [0.5, 0.6) is 5.75 Å². The largest absolute Gasteiger partial charge is 0.508 e. The minimum atomic E-state index is -2.73. The fraction of sp³-hybridized carbons (Fsp3) is 0.581. The van der Waals surface area contributed by atoms with Crippen molar-refractivity contribution in [3.8, 4) is 5.75 Å². The Kier molecular flexibility index (Phi) is 7.31. The van der Waals surface area contributed by atoms with Crippen molar-refractivity contribution in [3.63, 3.8) is 0 Å². The molecule has 4 atom stereocenters. The van der Waals surface area contributed by atoms with Crippen LogP contribution in [-0.4, -0.2) is 87.0 Å². The Hall–Kier alpha value is -3.28. The van der Waals surface area contributed by atoms with Crippen LogP contribution >= 0.6 is 0 Å². The molecule has 2 saturated carbocycles. The molecule has 0 radical (unpaired) electrons. The number of benzene rings is 1. The first-order chi connectivity index (χ1) is 19.5. The molecule has 2 fully saturated rings. The van der Waals surface area contributed by atoms with Crippen LogP contribution in [0.3, 0.4) is 0 Å². The number of nitrogens with two attached hydrogens (primary N) is 1. The first-order valence-electron chi connectivity index (χ1n) is 14.5. The predicted molar refractivity (Wildman–Crippen MR) is 152 cm³/mol. The van der Waals surface area contributed by atoms with Crippen molar-refractivity contribution in [3.05, 3.63) is 45.5 Å². The minimum absolute atomic E-state index is 0.0398. The average Bonchev–Trinajstić information content (AvgIpc) is 3.40. The molecule has 10 nitrogen and oxygen atoms in total. The molecule has 0 saturated heterocycles. The van der Waals surface area contributed by atoms with Crippen LogP contribution in [0.4, 0.5) is 4.39 Å². The van der Waals surface area contributed by atoms with Crippen LogP contribution < -0.4 is 5.73 Å². The number of phenolic OH excluding ortho intramolecular Hbond substituents is 1. The summed E-state index contributed by atoms with van der Waals surface area (Å²) in [6.45, 7) is 4.52. The zero-order chi connectivity index (χ0) is 31.0. The van der Waals surface area contributed by atoms with Gasteiger partial charge in [0, 0.05) is 34.7 Å². The number of hydrogen-bond acceptors (Lipinski definition) is 9. The topological polar surface area (TPSA) is 165 Å². The Morgan fingerprint density at radius 3 is 2.33 bits per heavy atom. The summed E-state index contributed by atoms with van der Waals surface area (Å²) in [5.41, 5.74) is 0.672. The van der Waals surface area contributed by atoms with Gasteiger partial charge < -0.3 is 26.2 Å². The van der Waals surface area contributed by atoms with E-state index in [0.717, 1.165) is 19.4 Å². The molecule has 0 aromatic heterocycles. The molecule has 5 rings (SSSR count). The van der Waals surface area contributed by atoms with Crippen molar-refractivity contribution in [2.75, 3.05) is 27.7 Å². The van der Waals surface area contributed by atoms with Gasteiger partial charge in [0.05, 0.1) is 11.6 Å². The van der Waals surface area contributed by atoms with E-state index < -0.39 is 75.1 Å². The normalized spacial score (nSPS) is 28.5. The number of carbonyl (C=O) groups excluding carboxylic acids is 3. The number of Topliss-reactive ketones (excluding diaryl/α,β-unsaturated/α-hetero) is 2. The SMILES string of the molecule is CN(C)[C@@H]1C(=O)C(C(N)=O)=C(O)[C@@]2(O)C(=O)C3=C(O)c4c(O)cc(C(C)(C)N(C)CC5CCCC5)c(F)c4C[C@H]3C[C@@H]12. The molecule has 0 spiro atoms. The number of likely N-dealkylation sites (N-methyl/N-ethyl adjacent to an activating group) is 1. The first kappa shape index (κ1) is 30.2. The van der Waals surface area contributed by atoms with E-state index in [1.54, 1.807) is 0 Å². The number of aliphatic hydroxyl groups excluding tert-OH is 2. The molecule has 1 amide bonds. The van der Waals surface area contributed by atoms with E-state index in [-0.39, 0.29) is 35.1 Å². The number of rotatable bonds is 6. The fourth-order valence-electron chi connectivity index (χ4n) is 7.75. The van der Waals surface area contributed by atoms with Gasteiger partial charge in [-0.25, -0.2) is 4.39 Å².